The quantitative estimate of drug-likeness (QED) is 0.658. The minimum Gasteiger partial charge on any atom is -0.469 e. The molecule has 0 spiro atoms. The molecule has 4 nitrogen and oxygen atoms in total. The van der Waals surface area contributed by atoms with Crippen LogP contribution in [-0.2, 0) is 14.3 Å². The molecule has 2 saturated heterocycles. The molecule has 0 N–H and O–H groups in total. The van der Waals surface area contributed by atoms with Crippen molar-refractivity contribution in [1.29, 1.82) is 0 Å². The van der Waals surface area contributed by atoms with Crippen molar-refractivity contribution in [3.05, 3.63) is 0 Å². The number of ether oxygens (including phenoxy) is 1. The Morgan fingerprint density at radius 3 is 2.89 bits per heavy atom. The average molecular weight is 251 g/mol. The summed E-state index contributed by atoms with van der Waals surface area (Å²) in [7, 11) is 1.43. The largest absolute Gasteiger partial charge is 0.469 e. The van der Waals surface area contributed by atoms with Gasteiger partial charge in [0.1, 0.15) is 5.78 Å². The topological polar surface area (TPSA) is 46.6 Å². The van der Waals surface area contributed by atoms with Crippen molar-refractivity contribution in [3.8, 4) is 0 Å². The second kappa shape index (κ2) is 4.65. The first-order valence-electron chi connectivity index (χ1n) is 7.07. The molecular formula is C14H21NO3. The number of hydrogen-bond donors (Lipinski definition) is 0. The summed E-state index contributed by atoms with van der Waals surface area (Å²) < 4.78 is 4.89. The zero-order valence-electron chi connectivity index (χ0n) is 10.9. The zero-order valence-corrected chi connectivity index (χ0v) is 10.9. The number of carbonyl (C=O) groups is 2. The van der Waals surface area contributed by atoms with Gasteiger partial charge in [-0.1, -0.05) is 6.42 Å². The molecule has 0 aromatic heterocycles. The van der Waals surface area contributed by atoms with Crippen molar-refractivity contribution in [3.63, 3.8) is 0 Å². The molecule has 0 aromatic carbocycles. The van der Waals surface area contributed by atoms with Crippen molar-refractivity contribution in [1.82, 2.24) is 4.90 Å². The molecule has 2 heterocycles. The molecule has 0 aromatic rings. The Morgan fingerprint density at radius 2 is 2.11 bits per heavy atom. The van der Waals surface area contributed by atoms with Crippen molar-refractivity contribution < 1.29 is 14.3 Å². The number of methoxy groups -OCH3 is 1. The highest BCUT2D eigenvalue weighted by molar-refractivity contribution is 5.88. The van der Waals surface area contributed by atoms with Gasteiger partial charge in [-0.15, -0.1) is 0 Å². The van der Waals surface area contributed by atoms with Gasteiger partial charge in [0.25, 0.3) is 0 Å². The van der Waals surface area contributed by atoms with Crippen LogP contribution in [0.4, 0.5) is 0 Å². The van der Waals surface area contributed by atoms with E-state index < -0.39 is 0 Å². The van der Waals surface area contributed by atoms with E-state index in [1.54, 1.807) is 0 Å². The molecule has 1 aliphatic carbocycles. The Labute approximate surface area is 108 Å². The van der Waals surface area contributed by atoms with Gasteiger partial charge >= 0.3 is 5.97 Å². The SMILES string of the molecule is COC(=O)[C@H]1CC(=O)[C@H]2CCCCN3CC[C@@H]1[C@@H]23. The van der Waals surface area contributed by atoms with Crippen molar-refractivity contribution in [2.75, 3.05) is 20.2 Å². The smallest absolute Gasteiger partial charge is 0.309 e. The second-order valence-electron chi connectivity index (χ2n) is 5.88. The van der Waals surface area contributed by atoms with E-state index in [-0.39, 0.29) is 17.8 Å². The van der Waals surface area contributed by atoms with Gasteiger partial charge in [-0.05, 0) is 38.3 Å². The summed E-state index contributed by atoms with van der Waals surface area (Å²) in [6, 6.07) is 0.317. The molecule has 0 bridgehead atoms. The van der Waals surface area contributed by atoms with Crippen LogP contribution in [0.15, 0.2) is 0 Å². The fourth-order valence-corrected chi connectivity index (χ4v) is 4.29. The first-order valence-corrected chi connectivity index (χ1v) is 7.07. The Morgan fingerprint density at radius 1 is 1.28 bits per heavy atom. The van der Waals surface area contributed by atoms with Gasteiger partial charge in [0.2, 0.25) is 0 Å². The van der Waals surface area contributed by atoms with E-state index in [1.807, 2.05) is 0 Å². The molecule has 0 unspecified atom stereocenters. The average Bonchev–Trinajstić information content (AvgIpc) is 2.67. The van der Waals surface area contributed by atoms with Crippen LogP contribution in [0.2, 0.25) is 0 Å². The van der Waals surface area contributed by atoms with E-state index in [9.17, 15) is 9.59 Å². The van der Waals surface area contributed by atoms with Gasteiger partial charge in [-0.25, -0.2) is 0 Å². The molecule has 3 fully saturated rings. The maximum absolute atomic E-state index is 12.3. The van der Waals surface area contributed by atoms with Crippen molar-refractivity contribution >= 4 is 11.8 Å². The van der Waals surface area contributed by atoms with Crippen LogP contribution in [0.3, 0.4) is 0 Å². The lowest BCUT2D eigenvalue weighted by Crippen LogP contribution is -2.49. The predicted molar refractivity (Wildman–Crippen MR) is 65.9 cm³/mol. The molecule has 100 valence electrons. The summed E-state index contributed by atoms with van der Waals surface area (Å²) in [5.74, 6) is 0.448. The minimum atomic E-state index is -0.188. The number of ketones is 1. The van der Waals surface area contributed by atoms with E-state index in [2.05, 4.69) is 4.90 Å². The predicted octanol–water partition coefficient (Wildman–Crippen LogP) is 1.24. The zero-order chi connectivity index (χ0) is 12.7. The van der Waals surface area contributed by atoms with Gasteiger partial charge in [-0.3, -0.25) is 14.5 Å². The molecule has 0 amide bonds. The Hall–Kier alpha value is -0.900. The van der Waals surface area contributed by atoms with Crippen LogP contribution < -0.4 is 0 Å². The number of rotatable bonds is 1. The normalized spacial score (nSPS) is 40.2. The highest BCUT2D eigenvalue weighted by atomic mass is 16.5. The molecule has 18 heavy (non-hydrogen) atoms. The fourth-order valence-electron chi connectivity index (χ4n) is 4.29. The van der Waals surface area contributed by atoms with E-state index in [0.29, 0.717) is 24.2 Å². The maximum atomic E-state index is 12.3. The molecule has 4 heteroatoms. The third kappa shape index (κ3) is 1.78. The molecule has 2 aliphatic heterocycles. The van der Waals surface area contributed by atoms with Crippen LogP contribution in [0.5, 0.6) is 0 Å². The molecule has 4 atom stereocenters. The highest BCUT2D eigenvalue weighted by Gasteiger charge is 2.52. The van der Waals surface area contributed by atoms with Crippen LogP contribution in [-0.4, -0.2) is 42.9 Å². The summed E-state index contributed by atoms with van der Waals surface area (Å²) in [6.45, 7) is 2.14. The monoisotopic (exact) mass is 251 g/mol. The highest BCUT2D eigenvalue weighted by Crippen LogP contribution is 2.45. The van der Waals surface area contributed by atoms with Gasteiger partial charge in [0.15, 0.2) is 0 Å². The molecule has 3 aliphatic rings. The van der Waals surface area contributed by atoms with Gasteiger partial charge in [0.05, 0.1) is 13.0 Å². The molecule has 0 radical (unpaired) electrons. The van der Waals surface area contributed by atoms with E-state index in [4.69, 9.17) is 4.74 Å². The minimum absolute atomic E-state index is 0.181. The lowest BCUT2D eigenvalue weighted by molar-refractivity contribution is -0.153. The van der Waals surface area contributed by atoms with Gasteiger partial charge in [-0.2, -0.15) is 0 Å². The molecule has 1 saturated carbocycles. The van der Waals surface area contributed by atoms with E-state index in [0.717, 1.165) is 32.4 Å². The van der Waals surface area contributed by atoms with Crippen molar-refractivity contribution in [2.24, 2.45) is 17.8 Å². The van der Waals surface area contributed by atoms with Crippen LogP contribution in [0, 0.1) is 17.8 Å². The number of esters is 1. The van der Waals surface area contributed by atoms with Gasteiger partial charge < -0.3 is 4.74 Å². The second-order valence-corrected chi connectivity index (χ2v) is 5.88. The molecule has 3 rings (SSSR count). The van der Waals surface area contributed by atoms with E-state index in [1.165, 1.54) is 13.5 Å². The fraction of sp³-hybridized carbons (Fsp3) is 0.857. The van der Waals surface area contributed by atoms with Gasteiger partial charge in [0, 0.05) is 18.4 Å². The maximum Gasteiger partial charge on any atom is 0.309 e. The molecular weight excluding hydrogens is 230 g/mol. The lowest BCUT2D eigenvalue weighted by Gasteiger charge is -2.39. The summed E-state index contributed by atoms with van der Waals surface area (Å²) >= 11 is 0. The summed E-state index contributed by atoms with van der Waals surface area (Å²) in [5, 5.41) is 0. The Kier molecular flexibility index (Phi) is 3.14. The van der Waals surface area contributed by atoms with Crippen LogP contribution in [0.25, 0.3) is 0 Å². The summed E-state index contributed by atoms with van der Waals surface area (Å²) in [6.07, 6.45) is 4.82. The van der Waals surface area contributed by atoms with Crippen molar-refractivity contribution in [2.45, 2.75) is 38.1 Å². The third-order valence-electron chi connectivity index (χ3n) is 5.09. The number of nitrogens with zero attached hydrogens (tertiary/aromatic N) is 1. The number of hydrogen-bond acceptors (Lipinski definition) is 4. The standard InChI is InChI=1S/C14H21NO3/c1-18-14(17)11-8-12(16)10-4-2-3-6-15-7-5-9(11)13(10)15/h9-11,13H,2-8H2,1H3/t9-,10+,11-,13-/m0/s1. The number of Topliss-reactive ketones (excluding diaryl/α,β-unsaturated/α-hetero) is 1. The van der Waals surface area contributed by atoms with E-state index >= 15 is 0 Å². The van der Waals surface area contributed by atoms with Crippen LogP contribution in [0.1, 0.15) is 32.1 Å². The third-order valence-corrected chi connectivity index (χ3v) is 5.09. The number of carbonyl (C=O) groups excluding carboxylic acids is 2. The first-order chi connectivity index (χ1) is 8.72. The van der Waals surface area contributed by atoms with Crippen LogP contribution >= 0.6 is 0 Å². The Balaban J connectivity index is 1.89. The Bertz CT molecular complexity index is 368. The lowest BCUT2D eigenvalue weighted by atomic mass is 9.69. The summed E-state index contributed by atoms with van der Waals surface area (Å²) in [4.78, 5) is 26.6. The summed E-state index contributed by atoms with van der Waals surface area (Å²) in [5.41, 5.74) is 0. The first kappa shape index (κ1) is 12.2.